The van der Waals surface area contributed by atoms with Crippen molar-refractivity contribution in [2.24, 2.45) is 4.99 Å². The number of methoxy groups -OCH3 is 1. The number of esters is 1. The molecule has 15 heavy (non-hydrogen) atoms. The second-order valence-electron chi connectivity index (χ2n) is 3.07. The maximum absolute atomic E-state index is 11.3. The molecule has 0 aromatic carbocycles. The van der Waals surface area contributed by atoms with Crippen molar-refractivity contribution in [2.75, 3.05) is 13.7 Å². The highest BCUT2D eigenvalue weighted by Gasteiger charge is 2.15. The molecule has 0 aliphatic rings. The normalized spacial score (nSPS) is 12.5. The van der Waals surface area contributed by atoms with E-state index in [9.17, 15) is 4.79 Å². The van der Waals surface area contributed by atoms with E-state index in [-0.39, 0.29) is 11.4 Å². The van der Waals surface area contributed by atoms with Crippen LogP contribution in [0.2, 0.25) is 0 Å². The minimum absolute atomic E-state index is 0.0906. The summed E-state index contributed by atoms with van der Waals surface area (Å²) in [6, 6.07) is 0. The van der Waals surface area contributed by atoms with Crippen molar-refractivity contribution in [1.29, 1.82) is 5.41 Å². The largest absolute Gasteiger partial charge is 0.464 e. The first-order valence-electron chi connectivity index (χ1n) is 4.95. The average molecular weight is 210 g/mol. The summed E-state index contributed by atoms with van der Waals surface area (Å²) in [6.07, 6.45) is 2.49. The highest BCUT2D eigenvalue weighted by atomic mass is 16.5. The van der Waals surface area contributed by atoms with Crippen molar-refractivity contribution in [2.45, 2.75) is 27.2 Å². The highest BCUT2D eigenvalue weighted by molar-refractivity contribution is 6.67. The van der Waals surface area contributed by atoms with Crippen LogP contribution in [-0.4, -0.2) is 31.0 Å². The standard InChI is InChI=1S/C11H18N2O2/c1-5-8(3)7-9(12)10(13-6-2)11(14)15-4/h7,12H,5-6H2,1-4H3. The van der Waals surface area contributed by atoms with E-state index in [2.05, 4.69) is 9.73 Å². The Balaban J connectivity index is 4.88. The summed E-state index contributed by atoms with van der Waals surface area (Å²) in [5.74, 6) is -0.554. The number of nitrogens with one attached hydrogen (secondary N) is 1. The fourth-order valence-corrected chi connectivity index (χ4v) is 0.931. The van der Waals surface area contributed by atoms with E-state index in [0.29, 0.717) is 6.54 Å². The van der Waals surface area contributed by atoms with Crippen molar-refractivity contribution >= 4 is 17.4 Å². The molecule has 0 unspecified atom stereocenters. The molecule has 0 aromatic rings. The molecule has 0 aliphatic carbocycles. The molecule has 0 radical (unpaired) electrons. The molecule has 4 heteroatoms. The molecule has 0 spiro atoms. The molecule has 0 fully saturated rings. The molecule has 4 nitrogen and oxygen atoms in total. The molecule has 0 saturated heterocycles. The summed E-state index contributed by atoms with van der Waals surface area (Å²) in [6.45, 7) is 6.18. The summed E-state index contributed by atoms with van der Waals surface area (Å²) in [4.78, 5) is 15.2. The van der Waals surface area contributed by atoms with Gasteiger partial charge >= 0.3 is 5.97 Å². The lowest BCUT2D eigenvalue weighted by molar-refractivity contribution is -0.132. The van der Waals surface area contributed by atoms with Crippen LogP contribution in [0, 0.1) is 5.41 Å². The molecular formula is C11H18N2O2. The molecule has 84 valence electrons. The van der Waals surface area contributed by atoms with Gasteiger partial charge in [-0.1, -0.05) is 12.5 Å². The number of hydrogen-bond donors (Lipinski definition) is 1. The van der Waals surface area contributed by atoms with Gasteiger partial charge in [0.15, 0.2) is 5.71 Å². The van der Waals surface area contributed by atoms with Crippen molar-refractivity contribution in [1.82, 2.24) is 0 Å². The van der Waals surface area contributed by atoms with Crippen LogP contribution in [0.5, 0.6) is 0 Å². The van der Waals surface area contributed by atoms with Crippen molar-refractivity contribution < 1.29 is 9.53 Å². The third kappa shape index (κ3) is 4.54. The number of nitrogens with zero attached hydrogens (tertiary/aromatic N) is 1. The Morgan fingerprint density at radius 3 is 2.47 bits per heavy atom. The number of ether oxygens (including phenoxy) is 1. The van der Waals surface area contributed by atoms with Crippen LogP contribution in [0.25, 0.3) is 0 Å². The number of hydrogen-bond acceptors (Lipinski definition) is 4. The van der Waals surface area contributed by atoms with Crippen LogP contribution >= 0.6 is 0 Å². The van der Waals surface area contributed by atoms with Crippen LogP contribution in [0.1, 0.15) is 27.2 Å². The van der Waals surface area contributed by atoms with Gasteiger partial charge in [-0.05, 0) is 26.3 Å². The van der Waals surface area contributed by atoms with E-state index in [1.807, 2.05) is 20.8 Å². The molecule has 0 aromatic heterocycles. The zero-order valence-corrected chi connectivity index (χ0v) is 9.76. The third-order valence-corrected chi connectivity index (χ3v) is 1.90. The molecule has 0 saturated carbocycles. The second kappa shape index (κ2) is 6.92. The average Bonchev–Trinajstić information content (AvgIpc) is 2.24. The first kappa shape index (κ1) is 13.5. The SMILES string of the molecule is CCN=C(C(=N)C=C(C)CC)C(=O)OC. The number of allylic oxidation sites excluding steroid dienone is 2. The third-order valence-electron chi connectivity index (χ3n) is 1.90. The smallest absolute Gasteiger partial charge is 0.358 e. The van der Waals surface area contributed by atoms with E-state index >= 15 is 0 Å². The predicted octanol–water partition coefficient (Wildman–Crippen LogP) is 2.00. The Hall–Kier alpha value is -1.45. The first-order chi connectivity index (χ1) is 7.06. The highest BCUT2D eigenvalue weighted by Crippen LogP contribution is 2.00. The van der Waals surface area contributed by atoms with Crippen LogP contribution in [0.15, 0.2) is 16.6 Å². The van der Waals surface area contributed by atoms with Gasteiger partial charge in [0.05, 0.1) is 12.8 Å². The first-order valence-corrected chi connectivity index (χ1v) is 4.95. The van der Waals surface area contributed by atoms with E-state index in [0.717, 1.165) is 12.0 Å². The molecule has 0 amide bonds. The maximum Gasteiger partial charge on any atom is 0.358 e. The van der Waals surface area contributed by atoms with Crippen molar-refractivity contribution in [3.8, 4) is 0 Å². The Labute approximate surface area is 90.6 Å². The van der Waals surface area contributed by atoms with Crippen molar-refractivity contribution in [3.05, 3.63) is 11.6 Å². The van der Waals surface area contributed by atoms with Gasteiger partial charge in [-0.3, -0.25) is 10.4 Å². The van der Waals surface area contributed by atoms with Crippen LogP contribution in [-0.2, 0) is 9.53 Å². The Kier molecular flexibility index (Phi) is 6.25. The fraction of sp³-hybridized carbons (Fsp3) is 0.545. The van der Waals surface area contributed by atoms with Gasteiger partial charge in [-0.15, -0.1) is 0 Å². The summed E-state index contributed by atoms with van der Waals surface area (Å²) >= 11 is 0. The summed E-state index contributed by atoms with van der Waals surface area (Å²) < 4.78 is 4.56. The van der Waals surface area contributed by atoms with E-state index in [4.69, 9.17) is 5.41 Å². The molecule has 0 atom stereocenters. The zero-order chi connectivity index (χ0) is 11.8. The molecular weight excluding hydrogens is 192 g/mol. The van der Waals surface area contributed by atoms with Crippen LogP contribution < -0.4 is 0 Å². The molecule has 0 bridgehead atoms. The lowest BCUT2D eigenvalue weighted by Crippen LogP contribution is -2.24. The van der Waals surface area contributed by atoms with Gasteiger partial charge in [-0.2, -0.15) is 0 Å². The topological polar surface area (TPSA) is 62.5 Å². The monoisotopic (exact) mass is 210 g/mol. The van der Waals surface area contributed by atoms with Crippen molar-refractivity contribution in [3.63, 3.8) is 0 Å². The van der Waals surface area contributed by atoms with Gasteiger partial charge in [0.1, 0.15) is 0 Å². The van der Waals surface area contributed by atoms with Gasteiger partial charge in [0, 0.05) is 6.54 Å². The van der Waals surface area contributed by atoms with Gasteiger partial charge in [0.25, 0.3) is 0 Å². The van der Waals surface area contributed by atoms with E-state index in [1.54, 1.807) is 6.08 Å². The maximum atomic E-state index is 11.3. The van der Waals surface area contributed by atoms with Gasteiger partial charge in [0.2, 0.25) is 0 Å². The second-order valence-corrected chi connectivity index (χ2v) is 3.07. The van der Waals surface area contributed by atoms with E-state index < -0.39 is 5.97 Å². The number of rotatable bonds is 5. The number of carbonyl (C=O) groups excluding carboxylic acids is 1. The lowest BCUT2D eigenvalue weighted by atomic mass is 10.1. The minimum atomic E-state index is -0.554. The Morgan fingerprint density at radius 1 is 1.47 bits per heavy atom. The van der Waals surface area contributed by atoms with E-state index in [1.165, 1.54) is 7.11 Å². The predicted molar refractivity (Wildman–Crippen MR) is 61.8 cm³/mol. The zero-order valence-electron chi connectivity index (χ0n) is 9.76. The number of aliphatic imine (C=N–C) groups is 1. The van der Waals surface area contributed by atoms with Gasteiger partial charge in [-0.25, -0.2) is 4.79 Å². The minimum Gasteiger partial charge on any atom is -0.464 e. The molecule has 0 aliphatic heterocycles. The molecule has 0 rings (SSSR count). The molecule has 1 N–H and O–H groups in total. The Bertz CT molecular complexity index is 304. The van der Waals surface area contributed by atoms with Crippen LogP contribution in [0.3, 0.4) is 0 Å². The lowest BCUT2D eigenvalue weighted by Gasteiger charge is -2.03. The summed E-state index contributed by atoms with van der Waals surface area (Å²) in [5.41, 5.74) is 1.24. The quantitative estimate of drug-likeness (QED) is 0.557. The van der Waals surface area contributed by atoms with Crippen LogP contribution in [0.4, 0.5) is 0 Å². The Morgan fingerprint density at radius 2 is 2.07 bits per heavy atom. The summed E-state index contributed by atoms with van der Waals surface area (Å²) in [7, 11) is 1.29. The fourth-order valence-electron chi connectivity index (χ4n) is 0.931. The number of carbonyl (C=O) groups is 1. The summed E-state index contributed by atoms with van der Waals surface area (Å²) in [5, 5.41) is 7.71. The molecule has 0 heterocycles. The van der Waals surface area contributed by atoms with Gasteiger partial charge < -0.3 is 4.74 Å².